The topological polar surface area (TPSA) is 95.9 Å². The minimum atomic E-state index is -3.31. The second kappa shape index (κ2) is 12.7. The van der Waals surface area contributed by atoms with E-state index in [0.29, 0.717) is 0 Å². The smallest absolute Gasteiger partial charge is 0.215 e. The van der Waals surface area contributed by atoms with Crippen molar-refractivity contribution in [3.8, 4) is 0 Å². The van der Waals surface area contributed by atoms with Crippen LogP contribution in [-0.4, -0.2) is 61.7 Å². The first-order valence-corrected chi connectivity index (χ1v) is 15.9. The lowest BCUT2D eigenvalue weighted by atomic mass is 9.84. The summed E-state index contributed by atoms with van der Waals surface area (Å²) in [6.07, 6.45) is 10.5. The van der Waals surface area contributed by atoms with Gasteiger partial charge in [-0.3, -0.25) is 0 Å². The van der Waals surface area contributed by atoms with Gasteiger partial charge in [0.25, 0.3) is 0 Å². The van der Waals surface area contributed by atoms with Gasteiger partial charge in [0, 0.05) is 25.3 Å². The van der Waals surface area contributed by atoms with Crippen molar-refractivity contribution in [3.63, 3.8) is 0 Å². The molecule has 1 N–H and O–H groups in total. The summed E-state index contributed by atoms with van der Waals surface area (Å²) in [4.78, 5) is 0. The third-order valence-corrected chi connectivity index (χ3v) is 11.1. The van der Waals surface area contributed by atoms with E-state index in [1.54, 1.807) is 14.1 Å². The SMILES string of the molecule is CC(C)(C)[S@](=O)N=C1CCCCC1.CN(C)S(=O)(=O)CC1(N[S@@](=O)C(C)(C)C)CCCCC1. The quantitative estimate of drug-likeness (QED) is 0.553. The lowest BCUT2D eigenvalue weighted by molar-refractivity contribution is 0.295. The van der Waals surface area contributed by atoms with E-state index in [1.807, 2.05) is 41.5 Å². The number of rotatable bonds is 6. The van der Waals surface area contributed by atoms with E-state index >= 15 is 0 Å². The zero-order valence-corrected chi connectivity index (χ0v) is 24.5. The summed E-state index contributed by atoms with van der Waals surface area (Å²) in [5.74, 6) is 0.0226. The Bertz CT molecular complexity index is 796. The van der Waals surface area contributed by atoms with Gasteiger partial charge < -0.3 is 0 Å². The Hall–Kier alpha value is -0.160. The summed E-state index contributed by atoms with van der Waals surface area (Å²) in [7, 11) is -2.52. The van der Waals surface area contributed by atoms with Crippen molar-refractivity contribution in [1.82, 2.24) is 9.03 Å². The van der Waals surface area contributed by atoms with Gasteiger partial charge in [-0.25, -0.2) is 25.9 Å². The predicted octanol–water partition coefficient (Wildman–Crippen LogP) is 4.49. The fraction of sp³-hybridized carbons (Fsp3) is 0.957. The number of sulfonamides is 1. The zero-order chi connectivity index (χ0) is 25.5. The van der Waals surface area contributed by atoms with E-state index in [0.717, 1.165) is 44.9 Å². The van der Waals surface area contributed by atoms with Crippen LogP contribution in [0, 0.1) is 0 Å². The van der Waals surface area contributed by atoms with Crippen LogP contribution in [0.4, 0.5) is 0 Å². The molecule has 7 nitrogen and oxygen atoms in total. The van der Waals surface area contributed by atoms with Gasteiger partial charge in [0.2, 0.25) is 10.0 Å². The monoisotopic (exact) mass is 525 g/mol. The number of hydrogen-bond donors (Lipinski definition) is 1. The molecule has 10 heteroatoms. The molecule has 0 aromatic carbocycles. The molecule has 0 aromatic heterocycles. The van der Waals surface area contributed by atoms with Gasteiger partial charge in [0.1, 0.15) is 11.0 Å². The van der Waals surface area contributed by atoms with Crippen LogP contribution in [0.5, 0.6) is 0 Å². The Morgan fingerprint density at radius 1 is 0.879 bits per heavy atom. The van der Waals surface area contributed by atoms with Crippen molar-refractivity contribution < 1.29 is 16.8 Å². The molecule has 0 amide bonds. The molecule has 2 aliphatic rings. The second-order valence-electron chi connectivity index (χ2n) is 11.4. The third kappa shape index (κ3) is 11.0. The molecule has 33 heavy (non-hydrogen) atoms. The van der Waals surface area contributed by atoms with Gasteiger partial charge in [-0.1, -0.05) is 25.7 Å². The highest BCUT2D eigenvalue weighted by Crippen LogP contribution is 2.31. The highest BCUT2D eigenvalue weighted by molar-refractivity contribution is 7.89. The van der Waals surface area contributed by atoms with Crippen LogP contribution in [-0.2, 0) is 32.0 Å². The molecule has 0 aromatic rings. The third-order valence-electron chi connectivity index (χ3n) is 5.86. The van der Waals surface area contributed by atoms with Crippen LogP contribution < -0.4 is 4.72 Å². The molecule has 0 bridgehead atoms. The molecule has 0 unspecified atom stereocenters. The summed E-state index contributed by atoms with van der Waals surface area (Å²) >= 11 is 0. The lowest BCUT2D eigenvalue weighted by Crippen LogP contribution is -2.56. The molecule has 2 atom stereocenters. The van der Waals surface area contributed by atoms with E-state index in [-0.39, 0.29) is 10.5 Å². The van der Waals surface area contributed by atoms with Crippen LogP contribution >= 0.6 is 0 Å². The van der Waals surface area contributed by atoms with Gasteiger partial charge in [0.05, 0.1) is 26.2 Å². The molecule has 0 heterocycles. The molecule has 2 fully saturated rings. The highest BCUT2D eigenvalue weighted by Gasteiger charge is 2.40. The Balaban J connectivity index is 0.000000361. The van der Waals surface area contributed by atoms with Crippen molar-refractivity contribution >= 4 is 37.7 Å². The van der Waals surface area contributed by atoms with Gasteiger partial charge in [-0.05, 0) is 80.1 Å². The molecule has 0 radical (unpaired) electrons. The van der Waals surface area contributed by atoms with Gasteiger partial charge >= 0.3 is 0 Å². The maximum absolute atomic E-state index is 12.4. The van der Waals surface area contributed by atoms with E-state index in [2.05, 4.69) is 9.12 Å². The molecule has 0 aliphatic heterocycles. The van der Waals surface area contributed by atoms with Crippen molar-refractivity contribution in [2.75, 3.05) is 19.8 Å². The fourth-order valence-corrected chi connectivity index (χ4v) is 6.71. The predicted molar refractivity (Wildman–Crippen MR) is 143 cm³/mol. The number of hydrogen-bond acceptors (Lipinski definition) is 4. The zero-order valence-electron chi connectivity index (χ0n) is 22.0. The van der Waals surface area contributed by atoms with Gasteiger partial charge in [-0.2, -0.15) is 4.40 Å². The molecule has 0 spiro atoms. The molecule has 2 saturated carbocycles. The standard InChI is InChI=1S/C13H28N2O3S2.C10H19NOS/c1-12(2,3)19(16)14-13(9-7-6-8-10-13)11-20(17,18)15(4)5;1-10(2,3)13(12)11-9-7-5-4-6-8-9/h14H,6-11H2,1-5H3;4-8H2,1-3H3/t19-;13-/m00/s1. The first kappa shape index (κ1) is 30.9. The largest absolute Gasteiger partial charge is 0.242 e. The molecular formula is C23H47N3O4S3. The number of nitrogens with one attached hydrogen (secondary N) is 1. The summed E-state index contributed by atoms with van der Waals surface area (Å²) in [5, 5.41) is 0. The van der Waals surface area contributed by atoms with Crippen LogP contribution in [0.1, 0.15) is 106 Å². The minimum Gasteiger partial charge on any atom is -0.242 e. The van der Waals surface area contributed by atoms with Gasteiger partial charge in [-0.15, -0.1) is 0 Å². The normalized spacial score (nSPS) is 21.7. The molecule has 196 valence electrons. The lowest BCUT2D eigenvalue weighted by Gasteiger charge is -2.39. The summed E-state index contributed by atoms with van der Waals surface area (Å²) in [6.45, 7) is 11.6. The Kier molecular flexibility index (Phi) is 11.9. The highest BCUT2D eigenvalue weighted by atomic mass is 32.2. The first-order valence-electron chi connectivity index (χ1n) is 12.1. The maximum Gasteiger partial charge on any atom is 0.215 e. The summed E-state index contributed by atoms with van der Waals surface area (Å²) in [6, 6.07) is 0. The van der Waals surface area contributed by atoms with E-state index < -0.39 is 42.3 Å². The average molecular weight is 526 g/mol. The first-order chi connectivity index (χ1) is 15.0. The van der Waals surface area contributed by atoms with E-state index in [9.17, 15) is 16.8 Å². The summed E-state index contributed by atoms with van der Waals surface area (Å²) in [5.41, 5.74) is 0.610. The van der Waals surface area contributed by atoms with Crippen molar-refractivity contribution in [1.29, 1.82) is 0 Å². The molecular weight excluding hydrogens is 478 g/mol. The van der Waals surface area contributed by atoms with Crippen LogP contribution in [0.2, 0.25) is 0 Å². The van der Waals surface area contributed by atoms with Gasteiger partial charge in [0.15, 0.2) is 0 Å². The van der Waals surface area contributed by atoms with E-state index in [4.69, 9.17) is 0 Å². The Labute approximate surface area is 208 Å². The fourth-order valence-electron chi connectivity index (χ4n) is 3.64. The summed E-state index contributed by atoms with van der Waals surface area (Å²) < 4.78 is 56.6. The second-order valence-corrected chi connectivity index (χ2v) is 17.5. The van der Waals surface area contributed by atoms with Crippen molar-refractivity contribution in [3.05, 3.63) is 0 Å². The Morgan fingerprint density at radius 3 is 1.79 bits per heavy atom. The molecule has 2 rings (SSSR count). The molecule has 2 aliphatic carbocycles. The average Bonchev–Trinajstić information content (AvgIpc) is 2.68. The number of nitrogens with zero attached hydrogens (tertiary/aromatic N) is 2. The Morgan fingerprint density at radius 2 is 1.36 bits per heavy atom. The van der Waals surface area contributed by atoms with Crippen LogP contribution in [0.3, 0.4) is 0 Å². The van der Waals surface area contributed by atoms with Crippen molar-refractivity contribution in [2.24, 2.45) is 4.40 Å². The minimum absolute atomic E-state index is 0.0226. The van der Waals surface area contributed by atoms with Crippen LogP contribution in [0.15, 0.2) is 4.40 Å². The van der Waals surface area contributed by atoms with Crippen molar-refractivity contribution in [2.45, 2.75) is 121 Å². The molecule has 0 saturated heterocycles. The maximum atomic E-state index is 12.4. The van der Waals surface area contributed by atoms with E-state index in [1.165, 1.54) is 29.3 Å². The van der Waals surface area contributed by atoms with Crippen LogP contribution in [0.25, 0.3) is 0 Å².